The lowest BCUT2D eigenvalue weighted by Crippen LogP contribution is -2.00. The zero-order valence-corrected chi connectivity index (χ0v) is 11.4. The summed E-state index contributed by atoms with van der Waals surface area (Å²) < 4.78 is 5.29. The number of benzene rings is 1. The number of aryl methyl sites for hydroxylation is 1. The van der Waals surface area contributed by atoms with E-state index < -0.39 is 0 Å². The lowest BCUT2D eigenvalue weighted by atomic mass is 10.1. The number of nitrogens with zero attached hydrogens (tertiary/aromatic N) is 2. The molecule has 0 aliphatic carbocycles. The van der Waals surface area contributed by atoms with Gasteiger partial charge in [0.2, 0.25) is 0 Å². The first kappa shape index (κ1) is 13.2. The van der Waals surface area contributed by atoms with Gasteiger partial charge in [0.05, 0.1) is 0 Å². The van der Waals surface area contributed by atoms with Gasteiger partial charge >= 0.3 is 0 Å². The molecule has 0 amide bonds. The van der Waals surface area contributed by atoms with Crippen molar-refractivity contribution < 1.29 is 9.32 Å². The Morgan fingerprint density at radius 1 is 1.10 bits per heavy atom. The van der Waals surface area contributed by atoms with Crippen LogP contribution in [0.25, 0.3) is 11.3 Å². The summed E-state index contributed by atoms with van der Waals surface area (Å²) in [5, 5.41) is 4.04. The van der Waals surface area contributed by atoms with Gasteiger partial charge in [0, 0.05) is 42.4 Å². The summed E-state index contributed by atoms with van der Waals surface area (Å²) in [5.41, 5.74) is 2.42. The molecule has 21 heavy (non-hydrogen) atoms. The number of Topliss-reactive ketones (excluding diaryl/α,β-unsaturated/α-hetero) is 1. The predicted octanol–water partition coefficient (Wildman–Crippen LogP) is 3.55. The molecule has 0 radical (unpaired) electrons. The molecule has 0 fully saturated rings. The molecule has 0 aliphatic rings. The van der Waals surface area contributed by atoms with Crippen molar-refractivity contribution in [3.05, 3.63) is 72.2 Å². The van der Waals surface area contributed by atoms with Gasteiger partial charge in [0.15, 0.2) is 5.78 Å². The first-order chi connectivity index (χ1) is 10.3. The van der Waals surface area contributed by atoms with Crippen molar-refractivity contribution in [3.8, 4) is 11.3 Å². The maximum absolute atomic E-state index is 12.0. The minimum absolute atomic E-state index is 0.0563. The molecule has 104 valence electrons. The second-order valence-electron chi connectivity index (χ2n) is 4.71. The smallest absolute Gasteiger partial charge is 0.164 e. The van der Waals surface area contributed by atoms with Crippen LogP contribution < -0.4 is 0 Å². The SMILES string of the molecule is O=C(CCc1cc(-c2ccccc2)no1)c1cccnc1. The van der Waals surface area contributed by atoms with Crippen LogP contribution in [0.1, 0.15) is 22.5 Å². The highest BCUT2D eigenvalue weighted by Crippen LogP contribution is 2.19. The Kier molecular flexibility index (Phi) is 3.87. The van der Waals surface area contributed by atoms with Crippen molar-refractivity contribution >= 4 is 5.78 Å². The van der Waals surface area contributed by atoms with E-state index >= 15 is 0 Å². The predicted molar refractivity (Wildman–Crippen MR) is 78.8 cm³/mol. The molecule has 4 heteroatoms. The monoisotopic (exact) mass is 278 g/mol. The largest absolute Gasteiger partial charge is 0.361 e. The van der Waals surface area contributed by atoms with Gasteiger partial charge in [0.1, 0.15) is 11.5 Å². The standard InChI is InChI=1S/C17H14N2O2/c20-17(14-7-4-10-18-12-14)9-8-15-11-16(19-21-15)13-5-2-1-3-6-13/h1-7,10-12H,8-9H2. The Hall–Kier alpha value is -2.75. The maximum atomic E-state index is 12.0. The topological polar surface area (TPSA) is 56.0 Å². The minimum Gasteiger partial charge on any atom is -0.361 e. The van der Waals surface area contributed by atoms with Crippen molar-refractivity contribution in [3.63, 3.8) is 0 Å². The van der Waals surface area contributed by atoms with E-state index in [1.54, 1.807) is 24.5 Å². The molecule has 0 saturated carbocycles. The fourth-order valence-corrected chi connectivity index (χ4v) is 2.08. The number of carbonyl (C=O) groups is 1. The molecule has 2 heterocycles. The zero-order valence-electron chi connectivity index (χ0n) is 11.4. The highest BCUT2D eigenvalue weighted by Gasteiger charge is 2.10. The van der Waals surface area contributed by atoms with Gasteiger partial charge in [-0.3, -0.25) is 9.78 Å². The molecular formula is C17H14N2O2. The number of carbonyl (C=O) groups excluding carboxylic acids is 1. The Labute approximate surface area is 122 Å². The van der Waals surface area contributed by atoms with E-state index in [-0.39, 0.29) is 5.78 Å². The third kappa shape index (κ3) is 3.23. The number of hydrogen-bond donors (Lipinski definition) is 0. The highest BCUT2D eigenvalue weighted by molar-refractivity contribution is 5.95. The Morgan fingerprint density at radius 3 is 2.71 bits per heavy atom. The molecule has 0 bridgehead atoms. The Balaban J connectivity index is 1.64. The highest BCUT2D eigenvalue weighted by atomic mass is 16.5. The second kappa shape index (κ2) is 6.13. The average molecular weight is 278 g/mol. The lowest BCUT2D eigenvalue weighted by Gasteiger charge is -1.97. The summed E-state index contributed by atoms with van der Waals surface area (Å²) in [6.45, 7) is 0. The third-order valence-electron chi connectivity index (χ3n) is 3.21. The molecular weight excluding hydrogens is 264 g/mol. The van der Waals surface area contributed by atoms with Gasteiger partial charge in [0.25, 0.3) is 0 Å². The van der Waals surface area contributed by atoms with E-state index in [4.69, 9.17) is 4.52 Å². The van der Waals surface area contributed by atoms with Crippen LogP contribution in [-0.2, 0) is 6.42 Å². The van der Waals surface area contributed by atoms with Crippen molar-refractivity contribution in [2.45, 2.75) is 12.8 Å². The van der Waals surface area contributed by atoms with Gasteiger partial charge in [-0.05, 0) is 12.1 Å². The molecule has 1 aromatic carbocycles. The van der Waals surface area contributed by atoms with Crippen LogP contribution in [0.15, 0.2) is 65.4 Å². The first-order valence-corrected chi connectivity index (χ1v) is 6.77. The third-order valence-corrected chi connectivity index (χ3v) is 3.21. The fourth-order valence-electron chi connectivity index (χ4n) is 2.08. The van der Waals surface area contributed by atoms with E-state index in [9.17, 15) is 4.79 Å². The van der Waals surface area contributed by atoms with Gasteiger partial charge in [-0.1, -0.05) is 35.5 Å². The van der Waals surface area contributed by atoms with Crippen LogP contribution in [0.3, 0.4) is 0 Å². The van der Waals surface area contributed by atoms with Crippen molar-refractivity contribution in [1.29, 1.82) is 0 Å². The molecule has 0 atom stereocenters. The van der Waals surface area contributed by atoms with Gasteiger partial charge in [-0.2, -0.15) is 0 Å². The number of ketones is 1. The molecule has 0 aliphatic heterocycles. The molecule has 3 aromatic rings. The minimum atomic E-state index is 0.0563. The van der Waals surface area contributed by atoms with Crippen molar-refractivity contribution in [2.75, 3.05) is 0 Å². The molecule has 3 rings (SSSR count). The Bertz CT molecular complexity index is 721. The maximum Gasteiger partial charge on any atom is 0.164 e. The molecule has 4 nitrogen and oxygen atoms in total. The fraction of sp³-hybridized carbons (Fsp3) is 0.118. The summed E-state index contributed by atoms with van der Waals surface area (Å²) in [7, 11) is 0. The van der Waals surface area contributed by atoms with Crippen LogP contribution in [0.5, 0.6) is 0 Å². The average Bonchev–Trinajstić information content (AvgIpc) is 3.03. The van der Waals surface area contributed by atoms with Crippen LogP contribution in [0, 0.1) is 0 Å². The molecule has 0 saturated heterocycles. The van der Waals surface area contributed by atoms with Gasteiger partial charge in [-0.15, -0.1) is 0 Å². The summed E-state index contributed by atoms with van der Waals surface area (Å²) in [6, 6.07) is 15.2. The number of hydrogen-bond acceptors (Lipinski definition) is 4. The Morgan fingerprint density at radius 2 is 1.95 bits per heavy atom. The zero-order chi connectivity index (χ0) is 14.5. The lowest BCUT2D eigenvalue weighted by molar-refractivity contribution is 0.0980. The number of aromatic nitrogens is 2. The van der Waals surface area contributed by atoms with E-state index in [2.05, 4.69) is 10.1 Å². The number of rotatable bonds is 5. The van der Waals surface area contributed by atoms with E-state index in [1.165, 1.54) is 0 Å². The quantitative estimate of drug-likeness (QED) is 0.670. The normalized spacial score (nSPS) is 10.5. The van der Waals surface area contributed by atoms with E-state index in [0.717, 1.165) is 11.3 Å². The summed E-state index contributed by atoms with van der Waals surface area (Å²) >= 11 is 0. The summed E-state index contributed by atoms with van der Waals surface area (Å²) in [5.74, 6) is 0.770. The first-order valence-electron chi connectivity index (χ1n) is 6.77. The van der Waals surface area contributed by atoms with Crippen LogP contribution in [-0.4, -0.2) is 15.9 Å². The summed E-state index contributed by atoms with van der Waals surface area (Å²) in [6.07, 6.45) is 4.15. The number of pyridine rings is 1. The summed E-state index contributed by atoms with van der Waals surface area (Å²) in [4.78, 5) is 15.9. The van der Waals surface area contributed by atoms with Gasteiger partial charge < -0.3 is 4.52 Å². The molecule has 0 N–H and O–H groups in total. The van der Waals surface area contributed by atoms with E-state index in [0.29, 0.717) is 24.2 Å². The van der Waals surface area contributed by atoms with Gasteiger partial charge in [-0.25, -0.2) is 0 Å². The van der Waals surface area contributed by atoms with Crippen molar-refractivity contribution in [2.24, 2.45) is 0 Å². The van der Waals surface area contributed by atoms with Crippen LogP contribution >= 0.6 is 0 Å². The van der Waals surface area contributed by atoms with Crippen molar-refractivity contribution in [1.82, 2.24) is 10.1 Å². The molecule has 0 spiro atoms. The molecule has 0 unspecified atom stereocenters. The van der Waals surface area contributed by atoms with Crippen LogP contribution in [0.4, 0.5) is 0 Å². The van der Waals surface area contributed by atoms with Crippen LogP contribution in [0.2, 0.25) is 0 Å². The van der Waals surface area contributed by atoms with E-state index in [1.807, 2.05) is 36.4 Å². The molecule has 2 aromatic heterocycles. The second-order valence-corrected chi connectivity index (χ2v) is 4.71.